The Hall–Kier alpha value is -1.40. The van der Waals surface area contributed by atoms with Crippen LogP contribution >= 0.6 is 11.3 Å². The molecule has 1 aromatic rings. The standard InChI is InChI=1S/C14H21N3O2S/c1-10(15)6-7-16-13(18)11-4-2-8-17(11)14(19)12-5-3-9-20-12/h3,5,9-11H,2,4,6-8,15H2,1H3,(H,16,18). The number of nitrogens with zero attached hydrogens (tertiary/aromatic N) is 1. The van der Waals surface area contributed by atoms with Gasteiger partial charge in [0, 0.05) is 19.1 Å². The van der Waals surface area contributed by atoms with Crippen molar-refractivity contribution >= 4 is 23.2 Å². The summed E-state index contributed by atoms with van der Waals surface area (Å²) in [7, 11) is 0. The number of amides is 2. The fourth-order valence-corrected chi connectivity index (χ4v) is 3.04. The summed E-state index contributed by atoms with van der Waals surface area (Å²) < 4.78 is 0. The van der Waals surface area contributed by atoms with E-state index in [1.165, 1.54) is 11.3 Å². The third-order valence-electron chi connectivity index (χ3n) is 3.45. The maximum absolute atomic E-state index is 12.3. The Bertz CT molecular complexity index is 459. The van der Waals surface area contributed by atoms with Crippen LogP contribution in [0.3, 0.4) is 0 Å². The zero-order chi connectivity index (χ0) is 14.5. The van der Waals surface area contributed by atoms with Crippen molar-refractivity contribution in [1.29, 1.82) is 0 Å². The van der Waals surface area contributed by atoms with E-state index < -0.39 is 0 Å². The first-order valence-electron chi connectivity index (χ1n) is 6.97. The fraction of sp³-hybridized carbons (Fsp3) is 0.571. The minimum absolute atomic E-state index is 0.0372. The molecule has 2 rings (SSSR count). The molecule has 1 aliphatic heterocycles. The number of carbonyl (C=O) groups excluding carboxylic acids is 2. The summed E-state index contributed by atoms with van der Waals surface area (Å²) in [5.41, 5.74) is 5.66. The molecule has 2 heterocycles. The normalized spacial score (nSPS) is 19.9. The molecule has 3 N–H and O–H groups in total. The van der Waals surface area contributed by atoms with Crippen molar-refractivity contribution in [3.63, 3.8) is 0 Å². The van der Waals surface area contributed by atoms with E-state index in [1.54, 1.807) is 11.0 Å². The van der Waals surface area contributed by atoms with Gasteiger partial charge in [0.2, 0.25) is 5.91 Å². The lowest BCUT2D eigenvalue weighted by Crippen LogP contribution is -2.46. The van der Waals surface area contributed by atoms with Crippen molar-refractivity contribution in [2.75, 3.05) is 13.1 Å². The van der Waals surface area contributed by atoms with Crippen molar-refractivity contribution in [3.8, 4) is 0 Å². The Morgan fingerprint density at radius 2 is 2.40 bits per heavy atom. The van der Waals surface area contributed by atoms with Crippen molar-refractivity contribution in [1.82, 2.24) is 10.2 Å². The molecule has 20 heavy (non-hydrogen) atoms. The highest BCUT2D eigenvalue weighted by molar-refractivity contribution is 7.12. The third kappa shape index (κ3) is 3.58. The second-order valence-electron chi connectivity index (χ2n) is 5.19. The maximum atomic E-state index is 12.3. The summed E-state index contributed by atoms with van der Waals surface area (Å²) in [6.45, 7) is 3.13. The molecule has 2 atom stereocenters. The lowest BCUT2D eigenvalue weighted by atomic mass is 10.2. The van der Waals surface area contributed by atoms with Crippen LogP contribution < -0.4 is 11.1 Å². The summed E-state index contributed by atoms with van der Waals surface area (Å²) in [4.78, 5) is 26.9. The third-order valence-corrected chi connectivity index (χ3v) is 4.31. The van der Waals surface area contributed by atoms with E-state index in [2.05, 4.69) is 5.32 Å². The second kappa shape index (κ2) is 6.85. The van der Waals surface area contributed by atoms with Crippen LogP contribution in [0.15, 0.2) is 17.5 Å². The monoisotopic (exact) mass is 295 g/mol. The van der Waals surface area contributed by atoms with E-state index >= 15 is 0 Å². The molecule has 2 unspecified atom stereocenters. The average Bonchev–Trinajstić information content (AvgIpc) is 3.08. The molecule has 1 aromatic heterocycles. The Labute approximate surface area is 123 Å². The summed E-state index contributed by atoms with van der Waals surface area (Å²) in [6.07, 6.45) is 2.36. The highest BCUT2D eigenvalue weighted by Crippen LogP contribution is 2.22. The average molecular weight is 295 g/mol. The quantitative estimate of drug-likeness (QED) is 0.857. The van der Waals surface area contributed by atoms with Crippen LogP contribution in [0, 0.1) is 0 Å². The molecule has 0 bridgehead atoms. The van der Waals surface area contributed by atoms with Gasteiger partial charge in [-0.15, -0.1) is 11.3 Å². The SMILES string of the molecule is CC(N)CCNC(=O)C1CCCN1C(=O)c1cccs1. The lowest BCUT2D eigenvalue weighted by molar-refractivity contribution is -0.124. The Morgan fingerprint density at radius 1 is 1.60 bits per heavy atom. The molecule has 2 amide bonds. The number of likely N-dealkylation sites (tertiary alicyclic amines) is 1. The Balaban J connectivity index is 1.93. The molecule has 0 spiro atoms. The molecule has 0 aromatic carbocycles. The van der Waals surface area contributed by atoms with Gasteiger partial charge < -0.3 is 16.0 Å². The lowest BCUT2D eigenvalue weighted by Gasteiger charge is -2.23. The van der Waals surface area contributed by atoms with Crippen LogP contribution in [-0.4, -0.2) is 41.9 Å². The zero-order valence-electron chi connectivity index (χ0n) is 11.7. The molecule has 6 heteroatoms. The van der Waals surface area contributed by atoms with Crippen molar-refractivity contribution in [2.24, 2.45) is 5.73 Å². The van der Waals surface area contributed by atoms with Gasteiger partial charge in [-0.05, 0) is 37.6 Å². The second-order valence-corrected chi connectivity index (χ2v) is 6.14. The van der Waals surface area contributed by atoms with E-state index in [0.717, 1.165) is 19.3 Å². The number of rotatable bonds is 5. The summed E-state index contributed by atoms with van der Waals surface area (Å²) in [5.74, 6) is -0.0992. The van der Waals surface area contributed by atoms with Crippen LogP contribution in [0.1, 0.15) is 35.9 Å². The van der Waals surface area contributed by atoms with Crippen LogP contribution in [0.5, 0.6) is 0 Å². The van der Waals surface area contributed by atoms with Crippen LogP contribution in [0.25, 0.3) is 0 Å². The van der Waals surface area contributed by atoms with Crippen LogP contribution in [0.2, 0.25) is 0 Å². The van der Waals surface area contributed by atoms with E-state index in [-0.39, 0.29) is 23.9 Å². The predicted molar refractivity (Wildman–Crippen MR) is 79.7 cm³/mol. The topological polar surface area (TPSA) is 75.4 Å². The smallest absolute Gasteiger partial charge is 0.264 e. The number of carbonyl (C=O) groups is 2. The first kappa shape index (κ1) is 15.0. The zero-order valence-corrected chi connectivity index (χ0v) is 12.5. The summed E-state index contributed by atoms with van der Waals surface area (Å²) in [5, 5.41) is 4.75. The van der Waals surface area contributed by atoms with E-state index in [0.29, 0.717) is 18.0 Å². The molecule has 0 aliphatic carbocycles. The van der Waals surface area contributed by atoms with Gasteiger partial charge in [-0.25, -0.2) is 0 Å². The minimum Gasteiger partial charge on any atom is -0.354 e. The number of hydrogen-bond acceptors (Lipinski definition) is 4. The van der Waals surface area contributed by atoms with E-state index in [9.17, 15) is 9.59 Å². The number of nitrogens with two attached hydrogens (primary N) is 1. The van der Waals surface area contributed by atoms with Gasteiger partial charge in [-0.1, -0.05) is 6.07 Å². The van der Waals surface area contributed by atoms with Crippen LogP contribution in [0.4, 0.5) is 0 Å². The molecule has 5 nitrogen and oxygen atoms in total. The van der Waals surface area contributed by atoms with Crippen molar-refractivity contribution in [2.45, 2.75) is 38.3 Å². The van der Waals surface area contributed by atoms with Crippen molar-refractivity contribution < 1.29 is 9.59 Å². The van der Waals surface area contributed by atoms with Gasteiger partial charge in [0.05, 0.1) is 4.88 Å². The van der Waals surface area contributed by atoms with Gasteiger partial charge in [-0.3, -0.25) is 9.59 Å². The molecule has 1 fully saturated rings. The fourth-order valence-electron chi connectivity index (χ4n) is 2.37. The van der Waals surface area contributed by atoms with Gasteiger partial charge >= 0.3 is 0 Å². The molecule has 1 aliphatic rings. The molecular formula is C14H21N3O2S. The predicted octanol–water partition coefficient (Wildman–Crippen LogP) is 1.21. The van der Waals surface area contributed by atoms with Gasteiger partial charge in [0.15, 0.2) is 0 Å². The first-order valence-corrected chi connectivity index (χ1v) is 7.85. The molecule has 110 valence electrons. The molecule has 0 radical (unpaired) electrons. The first-order chi connectivity index (χ1) is 9.59. The highest BCUT2D eigenvalue weighted by Gasteiger charge is 2.34. The number of hydrogen-bond donors (Lipinski definition) is 2. The van der Waals surface area contributed by atoms with Crippen molar-refractivity contribution in [3.05, 3.63) is 22.4 Å². The Kier molecular flexibility index (Phi) is 5.14. The van der Waals surface area contributed by atoms with Crippen LogP contribution in [-0.2, 0) is 4.79 Å². The van der Waals surface area contributed by atoms with Gasteiger partial charge in [0.25, 0.3) is 5.91 Å². The number of thiophene rings is 1. The number of nitrogens with one attached hydrogen (secondary N) is 1. The van der Waals surface area contributed by atoms with Gasteiger partial charge in [0.1, 0.15) is 6.04 Å². The molecule has 1 saturated heterocycles. The highest BCUT2D eigenvalue weighted by atomic mass is 32.1. The largest absolute Gasteiger partial charge is 0.354 e. The maximum Gasteiger partial charge on any atom is 0.264 e. The van der Waals surface area contributed by atoms with E-state index in [1.807, 2.05) is 18.4 Å². The van der Waals surface area contributed by atoms with Gasteiger partial charge in [-0.2, -0.15) is 0 Å². The summed E-state index contributed by atoms with van der Waals surface area (Å²) in [6, 6.07) is 3.39. The Morgan fingerprint density at radius 3 is 3.05 bits per heavy atom. The van der Waals surface area contributed by atoms with E-state index in [4.69, 9.17) is 5.73 Å². The molecule has 0 saturated carbocycles. The molecular weight excluding hydrogens is 274 g/mol. The minimum atomic E-state index is -0.335. The summed E-state index contributed by atoms with van der Waals surface area (Å²) >= 11 is 1.41.